The van der Waals surface area contributed by atoms with Crippen LogP contribution in [0.3, 0.4) is 0 Å². The zero-order valence-corrected chi connectivity index (χ0v) is 18.2. The minimum Gasteiger partial charge on any atom is -0.489 e. The van der Waals surface area contributed by atoms with Crippen LogP contribution in [0, 0.1) is 6.92 Å². The van der Waals surface area contributed by atoms with Crippen molar-refractivity contribution >= 4 is 5.97 Å². The van der Waals surface area contributed by atoms with Crippen LogP contribution in [0.25, 0.3) is 0 Å². The number of benzene rings is 1. The van der Waals surface area contributed by atoms with Gasteiger partial charge in [0, 0.05) is 20.0 Å². The first-order valence-corrected chi connectivity index (χ1v) is 10.1. The van der Waals surface area contributed by atoms with E-state index in [0.717, 1.165) is 23.8 Å². The molecule has 2 rings (SSSR count). The van der Waals surface area contributed by atoms with Crippen molar-refractivity contribution in [2.24, 2.45) is 0 Å². The van der Waals surface area contributed by atoms with Gasteiger partial charge in [0.15, 0.2) is 0 Å². The van der Waals surface area contributed by atoms with Crippen LogP contribution in [0.15, 0.2) is 49.1 Å². The van der Waals surface area contributed by atoms with Crippen molar-refractivity contribution in [3.05, 3.63) is 65.8 Å². The van der Waals surface area contributed by atoms with Crippen LogP contribution in [0.4, 0.5) is 0 Å². The zero-order chi connectivity index (χ0) is 22.5. The maximum atomic E-state index is 12.8. The molecule has 0 amide bonds. The summed E-state index contributed by atoms with van der Waals surface area (Å²) in [5.74, 6) is 0.372. The normalized spacial score (nSPS) is 18.6. The van der Waals surface area contributed by atoms with E-state index in [9.17, 15) is 9.90 Å². The van der Waals surface area contributed by atoms with Crippen molar-refractivity contribution in [1.29, 1.82) is 0 Å². The lowest BCUT2D eigenvalue weighted by Gasteiger charge is -2.28. The Balaban J connectivity index is 0.00000218. The summed E-state index contributed by atoms with van der Waals surface area (Å²) in [5, 5.41) is 16.3. The van der Waals surface area contributed by atoms with Crippen LogP contribution in [-0.2, 0) is 15.9 Å². The average molecular weight is 419 g/mol. The smallest absolute Gasteiger partial charge is 0.338 e. The van der Waals surface area contributed by atoms with Gasteiger partial charge in [-0.2, -0.15) is 0 Å². The number of aryl methyl sites for hydroxylation is 2. The molecular formula is C24H34O6. The lowest BCUT2D eigenvalue weighted by atomic mass is 9.99. The highest BCUT2D eigenvalue weighted by molar-refractivity contribution is 5.93. The molecule has 30 heavy (non-hydrogen) atoms. The van der Waals surface area contributed by atoms with Gasteiger partial charge in [-0.15, -0.1) is 0 Å². The summed E-state index contributed by atoms with van der Waals surface area (Å²) in [6.07, 6.45) is 6.61. The van der Waals surface area contributed by atoms with E-state index in [-0.39, 0.29) is 24.8 Å². The van der Waals surface area contributed by atoms with Gasteiger partial charge in [0.2, 0.25) is 0 Å². The Labute approximate surface area is 179 Å². The molecule has 1 aliphatic rings. The van der Waals surface area contributed by atoms with Gasteiger partial charge in [0.1, 0.15) is 18.5 Å². The minimum atomic E-state index is -0.331. The van der Waals surface area contributed by atoms with Gasteiger partial charge in [-0.3, -0.25) is 0 Å². The fourth-order valence-corrected chi connectivity index (χ4v) is 3.26. The second-order valence-corrected chi connectivity index (χ2v) is 6.82. The van der Waals surface area contributed by atoms with Crippen LogP contribution >= 0.6 is 0 Å². The van der Waals surface area contributed by atoms with Crippen molar-refractivity contribution in [2.45, 2.75) is 45.3 Å². The molecule has 166 valence electrons. The molecule has 1 saturated heterocycles. The average Bonchev–Trinajstić information content (AvgIpc) is 2.77. The van der Waals surface area contributed by atoms with E-state index in [1.165, 1.54) is 0 Å². The minimum absolute atomic E-state index is 0.0632. The molecular weight excluding hydrogens is 384 g/mol. The topological polar surface area (TPSA) is 85.2 Å². The summed E-state index contributed by atoms with van der Waals surface area (Å²) in [7, 11) is 1.00. The number of carbonyl (C=O) groups excluding carboxylic acids is 1. The standard InChI is InChI=1S/C23H30O5.CH4O/c1-5-8-17(6-2)15-27-20-11-16(4)22(18(7-3)12-20)23(25)28-19-9-10-26-21(13-19)14-24;1-2/h5-6,8,11-12,19,21,24H,1-2,7,9-10,13-15H2,3-4H3;2H,1H3/b17-8+;. The molecule has 1 aliphatic heterocycles. The molecule has 6 nitrogen and oxygen atoms in total. The molecule has 1 aromatic carbocycles. The molecule has 6 heteroatoms. The van der Waals surface area contributed by atoms with Crippen molar-refractivity contribution in [1.82, 2.24) is 0 Å². The Morgan fingerprint density at radius 3 is 2.67 bits per heavy atom. The quantitative estimate of drug-likeness (QED) is 0.471. The summed E-state index contributed by atoms with van der Waals surface area (Å²) >= 11 is 0. The van der Waals surface area contributed by atoms with E-state index in [0.29, 0.717) is 43.8 Å². The van der Waals surface area contributed by atoms with Crippen LogP contribution < -0.4 is 4.74 Å². The van der Waals surface area contributed by atoms with Gasteiger partial charge in [-0.25, -0.2) is 4.79 Å². The molecule has 0 radical (unpaired) electrons. The summed E-state index contributed by atoms with van der Waals surface area (Å²) in [4.78, 5) is 12.8. The highest BCUT2D eigenvalue weighted by Gasteiger charge is 2.27. The van der Waals surface area contributed by atoms with Crippen LogP contribution in [-0.4, -0.2) is 55.3 Å². The van der Waals surface area contributed by atoms with Crippen molar-refractivity contribution < 1.29 is 29.2 Å². The van der Waals surface area contributed by atoms with E-state index in [4.69, 9.17) is 19.3 Å². The first-order valence-electron chi connectivity index (χ1n) is 10.1. The number of carbonyl (C=O) groups is 1. The van der Waals surface area contributed by atoms with Crippen molar-refractivity contribution in [3.8, 4) is 5.75 Å². The largest absolute Gasteiger partial charge is 0.489 e. The lowest BCUT2D eigenvalue weighted by molar-refractivity contribution is -0.0720. The van der Waals surface area contributed by atoms with Gasteiger partial charge in [0.25, 0.3) is 0 Å². The number of hydrogen-bond acceptors (Lipinski definition) is 6. The molecule has 1 fully saturated rings. The number of hydrogen-bond donors (Lipinski definition) is 2. The van der Waals surface area contributed by atoms with Crippen molar-refractivity contribution in [3.63, 3.8) is 0 Å². The molecule has 0 aliphatic carbocycles. The molecule has 0 saturated carbocycles. The molecule has 1 aromatic rings. The number of aliphatic hydroxyl groups is 2. The fourth-order valence-electron chi connectivity index (χ4n) is 3.26. The van der Waals surface area contributed by atoms with E-state index >= 15 is 0 Å². The first-order chi connectivity index (χ1) is 14.5. The van der Waals surface area contributed by atoms with Crippen LogP contribution in [0.1, 0.15) is 41.3 Å². The third-order valence-electron chi connectivity index (χ3n) is 4.77. The van der Waals surface area contributed by atoms with Crippen LogP contribution in [0.5, 0.6) is 5.75 Å². The Kier molecular flexibility index (Phi) is 11.7. The molecule has 2 unspecified atom stereocenters. The van der Waals surface area contributed by atoms with E-state index in [2.05, 4.69) is 13.2 Å². The monoisotopic (exact) mass is 418 g/mol. The SMILES string of the molecule is C=C/C=C(\C=C)COc1cc(C)c(C(=O)OC2CCOC(CO)C2)c(CC)c1.CO. The molecule has 1 heterocycles. The summed E-state index contributed by atoms with van der Waals surface area (Å²) in [5.41, 5.74) is 3.22. The number of rotatable bonds is 9. The molecule has 2 atom stereocenters. The third kappa shape index (κ3) is 7.44. The summed E-state index contributed by atoms with van der Waals surface area (Å²) in [6, 6.07) is 3.74. The number of esters is 1. The highest BCUT2D eigenvalue weighted by atomic mass is 16.6. The van der Waals surface area contributed by atoms with E-state index in [1.807, 2.05) is 32.1 Å². The predicted octanol–water partition coefficient (Wildman–Crippen LogP) is 3.54. The number of allylic oxidation sites excluding steroid dienone is 2. The van der Waals surface area contributed by atoms with Gasteiger partial charge < -0.3 is 24.4 Å². The van der Waals surface area contributed by atoms with Gasteiger partial charge in [-0.1, -0.05) is 38.3 Å². The lowest BCUT2D eigenvalue weighted by Crippen LogP contribution is -2.34. The molecule has 0 spiro atoms. The zero-order valence-electron chi connectivity index (χ0n) is 18.2. The van der Waals surface area contributed by atoms with Gasteiger partial charge >= 0.3 is 5.97 Å². The Bertz CT molecular complexity index is 737. The van der Waals surface area contributed by atoms with Crippen LogP contribution in [0.2, 0.25) is 0 Å². The maximum Gasteiger partial charge on any atom is 0.338 e. The summed E-state index contributed by atoms with van der Waals surface area (Å²) in [6.45, 7) is 12.1. The van der Waals surface area contributed by atoms with Crippen molar-refractivity contribution in [2.75, 3.05) is 26.9 Å². The number of aliphatic hydroxyl groups excluding tert-OH is 2. The first kappa shape index (κ1) is 25.6. The highest BCUT2D eigenvalue weighted by Crippen LogP contribution is 2.26. The Morgan fingerprint density at radius 1 is 1.33 bits per heavy atom. The summed E-state index contributed by atoms with van der Waals surface area (Å²) < 4.78 is 17.0. The molecule has 0 aromatic heterocycles. The Hall–Kier alpha value is -2.41. The molecule has 0 bridgehead atoms. The maximum absolute atomic E-state index is 12.8. The van der Waals surface area contributed by atoms with E-state index < -0.39 is 0 Å². The number of ether oxygens (including phenoxy) is 3. The van der Waals surface area contributed by atoms with Gasteiger partial charge in [-0.05, 0) is 42.2 Å². The third-order valence-corrected chi connectivity index (χ3v) is 4.77. The molecule has 2 N–H and O–H groups in total. The predicted molar refractivity (Wildman–Crippen MR) is 118 cm³/mol. The van der Waals surface area contributed by atoms with E-state index in [1.54, 1.807) is 12.2 Å². The second-order valence-electron chi connectivity index (χ2n) is 6.82. The Morgan fingerprint density at radius 2 is 2.07 bits per heavy atom. The fraction of sp³-hybridized carbons (Fsp3) is 0.458. The van der Waals surface area contributed by atoms with Gasteiger partial charge in [0.05, 0.1) is 24.9 Å². The second kappa shape index (κ2) is 13.7.